The predicted octanol–water partition coefficient (Wildman–Crippen LogP) is 1.59. The topological polar surface area (TPSA) is 49.4 Å². The largest absolute Gasteiger partial charge is 0.358 e. The van der Waals surface area contributed by atoms with E-state index < -0.39 is 0 Å². The zero-order chi connectivity index (χ0) is 13.4. The van der Waals surface area contributed by atoms with Crippen LogP contribution in [0.1, 0.15) is 45.4 Å². The van der Waals surface area contributed by atoms with Gasteiger partial charge in [0.05, 0.1) is 13.1 Å². The summed E-state index contributed by atoms with van der Waals surface area (Å²) in [5.41, 5.74) is 0. The van der Waals surface area contributed by atoms with Gasteiger partial charge in [0.2, 0.25) is 5.91 Å². The van der Waals surface area contributed by atoms with Gasteiger partial charge in [-0.15, -0.1) is 0 Å². The van der Waals surface area contributed by atoms with Crippen LogP contribution in [0.2, 0.25) is 0 Å². The smallest absolute Gasteiger partial charge is 0.233 e. The second-order valence-electron chi connectivity index (χ2n) is 5.19. The van der Waals surface area contributed by atoms with E-state index in [2.05, 4.69) is 12.2 Å². The Kier molecular flexibility index (Phi) is 6.94. The maximum Gasteiger partial charge on any atom is 0.233 e. The Hall–Kier alpha value is -0.900. The highest BCUT2D eigenvalue weighted by Gasteiger charge is 2.23. The second-order valence-corrected chi connectivity index (χ2v) is 5.19. The molecule has 1 rings (SSSR count). The molecule has 0 heterocycles. The number of carbonyl (C=O) groups excluding carboxylic acids is 2. The summed E-state index contributed by atoms with van der Waals surface area (Å²) in [5.74, 6) is 0.551. The minimum atomic E-state index is -0.0140. The van der Waals surface area contributed by atoms with E-state index in [1.54, 1.807) is 7.05 Å². The number of amides is 1. The van der Waals surface area contributed by atoms with Crippen molar-refractivity contribution in [2.45, 2.75) is 45.4 Å². The lowest BCUT2D eigenvalue weighted by atomic mass is 9.86. The first-order valence-electron chi connectivity index (χ1n) is 7.13. The molecule has 0 unspecified atom stereocenters. The summed E-state index contributed by atoms with van der Waals surface area (Å²) in [6.45, 7) is 3.66. The molecule has 4 heteroatoms. The van der Waals surface area contributed by atoms with Crippen molar-refractivity contribution in [2.24, 2.45) is 5.92 Å². The van der Waals surface area contributed by atoms with Gasteiger partial charge in [-0.2, -0.15) is 0 Å². The van der Waals surface area contributed by atoms with Gasteiger partial charge >= 0.3 is 0 Å². The van der Waals surface area contributed by atoms with Crippen LogP contribution in [0.15, 0.2) is 0 Å². The van der Waals surface area contributed by atoms with E-state index in [0.717, 1.165) is 25.8 Å². The molecule has 0 saturated heterocycles. The third-order valence-electron chi connectivity index (χ3n) is 3.63. The average Bonchev–Trinajstić information content (AvgIpc) is 2.39. The lowest BCUT2D eigenvalue weighted by Gasteiger charge is -2.25. The first kappa shape index (κ1) is 15.2. The van der Waals surface area contributed by atoms with E-state index in [-0.39, 0.29) is 11.8 Å². The maximum absolute atomic E-state index is 12.2. The third kappa shape index (κ3) is 5.17. The Labute approximate surface area is 110 Å². The third-order valence-corrected chi connectivity index (χ3v) is 3.63. The van der Waals surface area contributed by atoms with Crippen LogP contribution in [0.25, 0.3) is 0 Å². The standard InChI is InChI=1S/C14H26N2O2/c1-3-9-16(11-14(18)15-2)10-13(17)12-7-5-4-6-8-12/h12H,3-11H2,1-2H3,(H,15,18). The molecule has 4 nitrogen and oxygen atoms in total. The van der Waals surface area contributed by atoms with Gasteiger partial charge in [0, 0.05) is 13.0 Å². The van der Waals surface area contributed by atoms with Crippen molar-refractivity contribution in [3.8, 4) is 0 Å². The fourth-order valence-corrected chi connectivity index (χ4v) is 2.59. The molecule has 1 fully saturated rings. The minimum Gasteiger partial charge on any atom is -0.358 e. The first-order chi connectivity index (χ1) is 8.67. The number of likely N-dealkylation sites (N-methyl/N-ethyl adjacent to an activating group) is 1. The van der Waals surface area contributed by atoms with E-state index in [4.69, 9.17) is 0 Å². The van der Waals surface area contributed by atoms with Crippen molar-refractivity contribution in [2.75, 3.05) is 26.7 Å². The van der Waals surface area contributed by atoms with Crippen LogP contribution in [-0.4, -0.2) is 43.3 Å². The van der Waals surface area contributed by atoms with Crippen LogP contribution in [0.3, 0.4) is 0 Å². The number of nitrogens with one attached hydrogen (secondary N) is 1. The number of carbonyl (C=O) groups is 2. The molecular weight excluding hydrogens is 228 g/mol. The Morgan fingerprint density at radius 2 is 1.83 bits per heavy atom. The molecule has 0 atom stereocenters. The lowest BCUT2D eigenvalue weighted by Crippen LogP contribution is -2.40. The normalized spacial score (nSPS) is 16.8. The highest BCUT2D eigenvalue weighted by Crippen LogP contribution is 2.24. The van der Waals surface area contributed by atoms with Crippen LogP contribution in [0.5, 0.6) is 0 Å². The van der Waals surface area contributed by atoms with Crippen molar-refractivity contribution in [1.82, 2.24) is 10.2 Å². The minimum absolute atomic E-state index is 0.0140. The summed E-state index contributed by atoms with van der Waals surface area (Å²) in [5, 5.41) is 2.61. The van der Waals surface area contributed by atoms with E-state index in [9.17, 15) is 9.59 Å². The van der Waals surface area contributed by atoms with Crippen LogP contribution < -0.4 is 5.32 Å². The summed E-state index contributed by atoms with van der Waals surface area (Å²) >= 11 is 0. The molecule has 1 aliphatic rings. The van der Waals surface area contributed by atoms with E-state index >= 15 is 0 Å². The van der Waals surface area contributed by atoms with Gasteiger partial charge in [0.15, 0.2) is 0 Å². The van der Waals surface area contributed by atoms with Crippen LogP contribution in [0.4, 0.5) is 0 Å². The van der Waals surface area contributed by atoms with Crippen molar-refractivity contribution >= 4 is 11.7 Å². The number of rotatable bonds is 7. The van der Waals surface area contributed by atoms with Gasteiger partial charge in [-0.3, -0.25) is 14.5 Å². The van der Waals surface area contributed by atoms with Crippen molar-refractivity contribution in [1.29, 1.82) is 0 Å². The van der Waals surface area contributed by atoms with Gasteiger partial charge in [0.25, 0.3) is 0 Å². The fraction of sp³-hybridized carbons (Fsp3) is 0.857. The first-order valence-corrected chi connectivity index (χ1v) is 7.13. The Balaban J connectivity index is 2.43. The van der Waals surface area contributed by atoms with Crippen molar-refractivity contribution in [3.63, 3.8) is 0 Å². The molecule has 0 spiro atoms. The van der Waals surface area contributed by atoms with Crippen LogP contribution >= 0.6 is 0 Å². The molecule has 1 N–H and O–H groups in total. The van der Waals surface area contributed by atoms with E-state index in [1.165, 1.54) is 19.3 Å². The number of Topliss-reactive ketones (excluding diaryl/α,β-unsaturated/α-hetero) is 1. The molecule has 0 aromatic carbocycles. The molecule has 0 bridgehead atoms. The molecule has 0 aromatic rings. The highest BCUT2D eigenvalue weighted by molar-refractivity contribution is 5.84. The summed E-state index contributed by atoms with van der Waals surface area (Å²) in [7, 11) is 1.63. The van der Waals surface area contributed by atoms with Gasteiger partial charge in [-0.25, -0.2) is 0 Å². The number of nitrogens with zero attached hydrogens (tertiary/aromatic N) is 1. The van der Waals surface area contributed by atoms with Crippen molar-refractivity contribution in [3.05, 3.63) is 0 Å². The molecular formula is C14H26N2O2. The summed E-state index contributed by atoms with van der Waals surface area (Å²) < 4.78 is 0. The summed E-state index contributed by atoms with van der Waals surface area (Å²) in [6, 6.07) is 0. The Morgan fingerprint density at radius 3 is 2.39 bits per heavy atom. The highest BCUT2D eigenvalue weighted by atomic mass is 16.2. The number of hydrogen-bond donors (Lipinski definition) is 1. The van der Waals surface area contributed by atoms with Gasteiger partial charge < -0.3 is 5.32 Å². The molecule has 0 radical (unpaired) electrons. The average molecular weight is 254 g/mol. The lowest BCUT2D eigenvalue weighted by molar-refractivity contribution is -0.126. The molecule has 1 saturated carbocycles. The van der Waals surface area contributed by atoms with E-state index in [0.29, 0.717) is 18.9 Å². The maximum atomic E-state index is 12.2. The molecule has 1 amide bonds. The number of hydrogen-bond acceptors (Lipinski definition) is 3. The molecule has 0 aliphatic heterocycles. The van der Waals surface area contributed by atoms with Crippen LogP contribution in [-0.2, 0) is 9.59 Å². The zero-order valence-electron chi connectivity index (χ0n) is 11.7. The molecule has 18 heavy (non-hydrogen) atoms. The van der Waals surface area contributed by atoms with Crippen molar-refractivity contribution < 1.29 is 9.59 Å². The summed E-state index contributed by atoms with van der Waals surface area (Å²) in [4.78, 5) is 25.5. The second kappa shape index (κ2) is 8.25. The Bertz CT molecular complexity index is 273. The molecule has 104 valence electrons. The van der Waals surface area contributed by atoms with Gasteiger partial charge in [0.1, 0.15) is 5.78 Å². The van der Waals surface area contributed by atoms with Crippen LogP contribution in [0, 0.1) is 5.92 Å². The quantitative estimate of drug-likeness (QED) is 0.750. The number of ketones is 1. The Morgan fingerprint density at radius 1 is 1.17 bits per heavy atom. The molecule has 0 aromatic heterocycles. The predicted molar refractivity (Wildman–Crippen MR) is 72.4 cm³/mol. The molecule has 1 aliphatic carbocycles. The fourth-order valence-electron chi connectivity index (χ4n) is 2.59. The van der Waals surface area contributed by atoms with E-state index in [1.807, 2.05) is 4.90 Å². The van der Waals surface area contributed by atoms with Gasteiger partial charge in [-0.05, 0) is 25.8 Å². The summed E-state index contributed by atoms with van der Waals surface area (Å²) in [6.07, 6.45) is 6.67. The van der Waals surface area contributed by atoms with Gasteiger partial charge in [-0.1, -0.05) is 26.2 Å². The SMILES string of the molecule is CCCN(CC(=O)NC)CC(=O)C1CCCCC1. The monoisotopic (exact) mass is 254 g/mol. The zero-order valence-corrected chi connectivity index (χ0v) is 11.7.